The average molecular weight is 407 g/mol. The smallest absolute Gasteiger partial charge is 0.118 e. The van der Waals surface area contributed by atoms with Gasteiger partial charge in [0.05, 0.1) is 5.69 Å². The fourth-order valence-corrected chi connectivity index (χ4v) is 7.40. The number of allylic oxidation sites excluding steroid dienone is 2. The monoisotopic (exact) mass is 406 g/mol. The van der Waals surface area contributed by atoms with Crippen molar-refractivity contribution in [2.45, 2.75) is 62.9 Å². The lowest BCUT2D eigenvalue weighted by atomic mass is 9.61. The van der Waals surface area contributed by atoms with Crippen molar-refractivity contribution >= 4 is 22.1 Å². The molecule has 2 heteroatoms. The number of fused-ring (bicyclic) bond motifs is 2. The minimum absolute atomic E-state index is 0.00241. The largest absolute Gasteiger partial charge is 0.362 e. The summed E-state index contributed by atoms with van der Waals surface area (Å²) in [7, 11) is 0. The summed E-state index contributed by atoms with van der Waals surface area (Å²) in [5, 5.41) is 6.97. The first kappa shape index (κ1) is 17.9. The molecule has 0 radical (unpaired) electrons. The van der Waals surface area contributed by atoms with Gasteiger partial charge in [-0.2, -0.15) is 0 Å². The predicted molar refractivity (Wildman–Crippen MR) is 129 cm³/mol. The van der Waals surface area contributed by atoms with Gasteiger partial charge in [-0.15, -0.1) is 0 Å². The number of anilines is 2. The molecule has 7 rings (SSSR count). The van der Waals surface area contributed by atoms with E-state index in [0.29, 0.717) is 11.8 Å². The van der Waals surface area contributed by atoms with E-state index in [4.69, 9.17) is 0 Å². The van der Waals surface area contributed by atoms with Gasteiger partial charge in [0.15, 0.2) is 0 Å². The average Bonchev–Trinajstić information content (AvgIpc) is 2.83. The lowest BCUT2D eigenvalue weighted by Gasteiger charge is -2.62. The van der Waals surface area contributed by atoms with E-state index in [2.05, 4.69) is 76.9 Å². The quantitative estimate of drug-likeness (QED) is 0.448. The topological polar surface area (TPSA) is 15.3 Å². The van der Waals surface area contributed by atoms with Crippen molar-refractivity contribution < 1.29 is 0 Å². The van der Waals surface area contributed by atoms with Crippen LogP contribution in [-0.2, 0) is 0 Å². The third-order valence-corrected chi connectivity index (χ3v) is 8.50. The van der Waals surface area contributed by atoms with Crippen LogP contribution in [0.3, 0.4) is 0 Å². The summed E-state index contributed by atoms with van der Waals surface area (Å²) in [6.45, 7) is 0. The number of rotatable bonds is 1. The first-order valence-corrected chi connectivity index (χ1v) is 12.2. The summed E-state index contributed by atoms with van der Waals surface area (Å²) in [6, 6.07) is 25.2. The molecule has 2 nitrogen and oxygen atoms in total. The van der Waals surface area contributed by atoms with E-state index in [0.717, 1.165) is 0 Å². The van der Waals surface area contributed by atoms with E-state index in [1.807, 2.05) is 0 Å². The molecule has 0 unspecified atom stereocenters. The predicted octanol–water partition coefficient (Wildman–Crippen LogP) is 7.58. The molecule has 156 valence electrons. The molecule has 1 spiro atoms. The molecule has 0 saturated heterocycles. The van der Waals surface area contributed by atoms with Crippen LogP contribution in [0.2, 0.25) is 0 Å². The van der Waals surface area contributed by atoms with Crippen molar-refractivity contribution in [2.24, 2.45) is 5.92 Å². The van der Waals surface area contributed by atoms with Crippen molar-refractivity contribution in [3.8, 4) is 0 Å². The number of hydrogen-bond donors (Lipinski definition) is 1. The normalized spacial score (nSPS) is 29.1. The fourth-order valence-electron chi connectivity index (χ4n) is 7.40. The van der Waals surface area contributed by atoms with Crippen LogP contribution < -0.4 is 10.2 Å². The maximum absolute atomic E-state index is 4.20. The Hall–Kier alpha value is -2.74. The van der Waals surface area contributed by atoms with Crippen LogP contribution in [0.5, 0.6) is 0 Å². The molecule has 1 saturated carbocycles. The van der Waals surface area contributed by atoms with Gasteiger partial charge in [0.25, 0.3) is 0 Å². The minimum Gasteiger partial charge on any atom is -0.362 e. The van der Waals surface area contributed by atoms with Crippen LogP contribution in [0, 0.1) is 5.92 Å². The van der Waals surface area contributed by atoms with Gasteiger partial charge < -0.3 is 10.2 Å². The van der Waals surface area contributed by atoms with Crippen LogP contribution >= 0.6 is 0 Å². The highest BCUT2D eigenvalue weighted by atomic mass is 15.4. The van der Waals surface area contributed by atoms with Crippen molar-refractivity contribution in [3.63, 3.8) is 0 Å². The molecule has 2 heterocycles. The molecule has 2 aliphatic heterocycles. The van der Waals surface area contributed by atoms with Gasteiger partial charge in [0.1, 0.15) is 5.66 Å². The molecule has 3 atom stereocenters. The first-order chi connectivity index (χ1) is 15.4. The lowest BCUT2D eigenvalue weighted by molar-refractivity contribution is 0.169. The van der Waals surface area contributed by atoms with Crippen LogP contribution in [0.4, 0.5) is 11.4 Å². The minimum atomic E-state index is -0.00241. The number of hydrogen-bond acceptors (Lipinski definition) is 2. The maximum atomic E-state index is 4.20. The molecular weight excluding hydrogens is 376 g/mol. The summed E-state index contributed by atoms with van der Waals surface area (Å²) in [4.78, 5) is 2.82. The van der Waals surface area contributed by atoms with E-state index in [1.165, 1.54) is 79.1 Å². The second-order valence-electron chi connectivity index (χ2n) is 9.99. The van der Waals surface area contributed by atoms with Crippen LogP contribution in [0.25, 0.3) is 10.8 Å². The zero-order valence-electron chi connectivity index (χ0n) is 18.1. The molecule has 0 aromatic heterocycles. The molecular formula is C29H30N2. The first-order valence-electron chi connectivity index (χ1n) is 12.2. The molecule has 0 bridgehead atoms. The van der Waals surface area contributed by atoms with Gasteiger partial charge in [0.2, 0.25) is 0 Å². The van der Waals surface area contributed by atoms with Crippen molar-refractivity contribution in [1.82, 2.24) is 0 Å². The van der Waals surface area contributed by atoms with E-state index < -0.39 is 0 Å². The van der Waals surface area contributed by atoms with Gasteiger partial charge in [-0.3, -0.25) is 0 Å². The van der Waals surface area contributed by atoms with Crippen LogP contribution in [-0.4, -0.2) is 5.66 Å². The summed E-state index contributed by atoms with van der Waals surface area (Å²) < 4.78 is 0. The third kappa shape index (κ3) is 2.39. The molecule has 4 aliphatic rings. The second kappa shape index (κ2) is 6.63. The van der Waals surface area contributed by atoms with Gasteiger partial charge in [0, 0.05) is 28.6 Å². The Morgan fingerprint density at radius 3 is 2.55 bits per heavy atom. The third-order valence-electron chi connectivity index (χ3n) is 8.50. The Labute approximate surface area is 185 Å². The molecule has 2 aliphatic carbocycles. The Kier molecular flexibility index (Phi) is 3.82. The van der Waals surface area contributed by atoms with Crippen molar-refractivity contribution in [3.05, 3.63) is 83.6 Å². The Bertz CT molecular complexity index is 1190. The molecule has 3 aromatic rings. The molecule has 0 amide bonds. The summed E-state index contributed by atoms with van der Waals surface area (Å²) >= 11 is 0. The van der Waals surface area contributed by atoms with E-state index in [9.17, 15) is 0 Å². The van der Waals surface area contributed by atoms with Crippen LogP contribution in [0.15, 0.2) is 78.0 Å². The highest BCUT2D eigenvalue weighted by Crippen LogP contribution is 2.60. The zero-order valence-corrected chi connectivity index (χ0v) is 18.1. The summed E-state index contributed by atoms with van der Waals surface area (Å²) in [5.41, 5.74) is 7.67. The number of benzene rings is 3. The highest BCUT2D eigenvalue weighted by Gasteiger charge is 2.56. The van der Waals surface area contributed by atoms with Gasteiger partial charge in [-0.05, 0) is 73.6 Å². The van der Waals surface area contributed by atoms with Gasteiger partial charge in [-0.25, -0.2) is 0 Å². The maximum Gasteiger partial charge on any atom is 0.118 e. The number of nitrogens with zero attached hydrogens (tertiary/aromatic N) is 1. The lowest BCUT2D eigenvalue weighted by Crippen LogP contribution is -2.66. The number of nitrogens with one attached hydrogen (secondary N) is 1. The standard InChI is InChI=1S/C29H30N2/c1-2-10-20(11-3-1)27-22-14-4-5-17-25(22)31-26-18-9-13-21-12-8-16-24(28(21)26)30-29(31)19-7-6-15-23(27)29/h1-3,8-13,16,18,23,27,30H,4-7,14-15,17,19H2/t23-,27-,29+/m1/s1. The molecule has 1 fully saturated rings. The van der Waals surface area contributed by atoms with Crippen LogP contribution in [0.1, 0.15) is 62.8 Å². The Morgan fingerprint density at radius 2 is 1.65 bits per heavy atom. The molecule has 1 N–H and O–H groups in total. The van der Waals surface area contributed by atoms with Crippen molar-refractivity contribution in [2.75, 3.05) is 10.2 Å². The second-order valence-corrected chi connectivity index (χ2v) is 9.99. The SMILES string of the molecule is c1ccc([C@@H]2C3=C(CCCC3)N3c4cccc5cccc(c45)N[C@@]34CCCC[C@H]24)cc1. The van der Waals surface area contributed by atoms with E-state index in [-0.39, 0.29) is 5.66 Å². The van der Waals surface area contributed by atoms with E-state index >= 15 is 0 Å². The zero-order chi connectivity index (χ0) is 20.4. The highest BCUT2D eigenvalue weighted by molar-refractivity contribution is 6.06. The van der Waals surface area contributed by atoms with Crippen molar-refractivity contribution in [1.29, 1.82) is 0 Å². The van der Waals surface area contributed by atoms with Gasteiger partial charge >= 0.3 is 0 Å². The summed E-state index contributed by atoms with van der Waals surface area (Å²) in [5.74, 6) is 1.15. The fraction of sp³-hybridized carbons (Fsp3) is 0.379. The van der Waals surface area contributed by atoms with E-state index in [1.54, 1.807) is 11.3 Å². The molecule has 3 aromatic carbocycles. The Balaban J connectivity index is 1.54. The van der Waals surface area contributed by atoms with Gasteiger partial charge in [-0.1, -0.05) is 61.0 Å². The summed E-state index contributed by atoms with van der Waals surface area (Å²) in [6.07, 6.45) is 10.3. The molecule has 31 heavy (non-hydrogen) atoms. The Morgan fingerprint density at radius 1 is 0.806 bits per heavy atom.